The predicted octanol–water partition coefficient (Wildman–Crippen LogP) is 2.62. The molecule has 0 bridgehead atoms. The van der Waals surface area contributed by atoms with Gasteiger partial charge in [0.2, 0.25) is 0 Å². The third kappa shape index (κ3) is 4.84. The predicted molar refractivity (Wildman–Crippen MR) is 84.8 cm³/mol. The van der Waals surface area contributed by atoms with E-state index in [1.54, 1.807) is 24.0 Å². The molecule has 1 aromatic rings. The second-order valence-corrected chi connectivity index (χ2v) is 5.09. The lowest BCUT2D eigenvalue weighted by Gasteiger charge is -2.22. The van der Waals surface area contributed by atoms with Gasteiger partial charge in [-0.1, -0.05) is 13.8 Å². The van der Waals surface area contributed by atoms with Crippen LogP contribution in [0.15, 0.2) is 18.2 Å². The molecule has 0 aliphatic rings. The Hall–Kier alpha value is -1.88. The van der Waals surface area contributed by atoms with E-state index in [-0.39, 0.29) is 19.1 Å². The quantitative estimate of drug-likeness (QED) is 0.750. The Balaban J connectivity index is 3.13. The van der Waals surface area contributed by atoms with Gasteiger partial charge in [0.05, 0.1) is 18.8 Å². The number of amides is 1. The minimum absolute atomic E-state index is 0.121. The fourth-order valence-corrected chi connectivity index (χ4v) is 2.28. The first-order valence-electron chi connectivity index (χ1n) is 7.78. The number of nitrogens with zero attached hydrogens (tertiary/aromatic N) is 1. The molecular weight excluding hydrogens is 282 g/mol. The molecule has 0 aliphatic heterocycles. The van der Waals surface area contributed by atoms with Crippen molar-refractivity contribution in [2.45, 2.75) is 40.2 Å². The van der Waals surface area contributed by atoms with Gasteiger partial charge in [-0.25, -0.2) is 4.79 Å². The maximum absolute atomic E-state index is 12.6. The molecule has 0 saturated heterocycles. The number of carbonyl (C=O) groups excluding carboxylic acids is 2. The second-order valence-electron chi connectivity index (χ2n) is 5.09. The molecule has 122 valence electrons. The van der Waals surface area contributed by atoms with Crippen molar-refractivity contribution in [3.05, 3.63) is 34.9 Å². The molecule has 1 aromatic carbocycles. The van der Waals surface area contributed by atoms with Crippen molar-refractivity contribution in [2.24, 2.45) is 0 Å². The fraction of sp³-hybridized carbons (Fsp3) is 0.529. The van der Waals surface area contributed by atoms with Gasteiger partial charge in [0.1, 0.15) is 0 Å². The van der Waals surface area contributed by atoms with Crippen LogP contribution < -0.4 is 0 Å². The maximum Gasteiger partial charge on any atom is 0.338 e. The van der Waals surface area contributed by atoms with Crippen molar-refractivity contribution < 1.29 is 19.4 Å². The first-order valence-corrected chi connectivity index (χ1v) is 7.78. The minimum Gasteiger partial charge on any atom is -0.462 e. The van der Waals surface area contributed by atoms with Gasteiger partial charge in [-0.15, -0.1) is 0 Å². The number of hydrogen-bond acceptors (Lipinski definition) is 4. The van der Waals surface area contributed by atoms with Crippen LogP contribution in [0.3, 0.4) is 0 Å². The largest absolute Gasteiger partial charge is 0.462 e. The Kier molecular flexibility index (Phi) is 7.60. The van der Waals surface area contributed by atoms with Gasteiger partial charge in [-0.05, 0) is 43.5 Å². The standard InChI is InChI=1S/C17H25NO4/c1-4-7-18(8-5-2)16(20)14-9-13(12-19)10-15(11-14)17(21)22-6-3/h9-11,19H,4-8,12H2,1-3H3. The lowest BCUT2D eigenvalue weighted by molar-refractivity contribution is 0.0526. The molecule has 1 amide bonds. The van der Waals surface area contributed by atoms with Crippen LogP contribution in [0.2, 0.25) is 0 Å². The SMILES string of the molecule is CCCN(CCC)C(=O)c1cc(CO)cc(C(=O)OCC)c1. The smallest absolute Gasteiger partial charge is 0.338 e. The highest BCUT2D eigenvalue weighted by Gasteiger charge is 2.18. The van der Waals surface area contributed by atoms with Crippen LogP contribution >= 0.6 is 0 Å². The summed E-state index contributed by atoms with van der Waals surface area (Å²) in [6.07, 6.45) is 1.74. The molecule has 0 heterocycles. The van der Waals surface area contributed by atoms with Crippen LogP contribution in [0, 0.1) is 0 Å². The van der Waals surface area contributed by atoms with Gasteiger partial charge in [-0.2, -0.15) is 0 Å². The number of ether oxygens (including phenoxy) is 1. The first kappa shape index (κ1) is 18.2. The summed E-state index contributed by atoms with van der Waals surface area (Å²) in [4.78, 5) is 26.3. The van der Waals surface area contributed by atoms with Gasteiger partial charge in [-0.3, -0.25) is 4.79 Å². The van der Waals surface area contributed by atoms with Crippen molar-refractivity contribution in [1.82, 2.24) is 4.90 Å². The highest BCUT2D eigenvalue weighted by molar-refractivity contribution is 5.98. The number of aliphatic hydroxyl groups excluding tert-OH is 1. The Labute approximate surface area is 131 Å². The lowest BCUT2D eigenvalue weighted by Crippen LogP contribution is -2.32. The van der Waals surface area contributed by atoms with E-state index in [9.17, 15) is 14.7 Å². The van der Waals surface area contributed by atoms with Gasteiger partial charge in [0.25, 0.3) is 5.91 Å². The zero-order valence-electron chi connectivity index (χ0n) is 13.6. The summed E-state index contributed by atoms with van der Waals surface area (Å²) in [6, 6.07) is 4.72. The lowest BCUT2D eigenvalue weighted by atomic mass is 10.0. The van der Waals surface area contributed by atoms with Crippen LogP contribution in [-0.4, -0.2) is 41.6 Å². The average molecular weight is 307 g/mol. The van der Waals surface area contributed by atoms with Crippen molar-refractivity contribution in [3.8, 4) is 0 Å². The minimum atomic E-state index is -0.482. The van der Waals surface area contributed by atoms with Crippen LogP contribution in [0.5, 0.6) is 0 Å². The van der Waals surface area contributed by atoms with Crippen LogP contribution in [0.1, 0.15) is 59.9 Å². The Morgan fingerprint density at radius 2 is 1.64 bits per heavy atom. The molecule has 22 heavy (non-hydrogen) atoms. The molecule has 0 spiro atoms. The Morgan fingerprint density at radius 3 is 2.14 bits per heavy atom. The number of esters is 1. The summed E-state index contributed by atoms with van der Waals surface area (Å²) < 4.78 is 4.97. The third-order valence-electron chi connectivity index (χ3n) is 3.21. The first-order chi connectivity index (χ1) is 10.6. The monoisotopic (exact) mass is 307 g/mol. The van der Waals surface area contributed by atoms with Gasteiger partial charge < -0.3 is 14.7 Å². The van der Waals surface area contributed by atoms with Gasteiger partial charge in [0, 0.05) is 18.7 Å². The van der Waals surface area contributed by atoms with Crippen LogP contribution in [0.25, 0.3) is 0 Å². The Morgan fingerprint density at radius 1 is 1.05 bits per heavy atom. The fourth-order valence-electron chi connectivity index (χ4n) is 2.28. The third-order valence-corrected chi connectivity index (χ3v) is 3.21. The van der Waals surface area contributed by atoms with Crippen molar-refractivity contribution >= 4 is 11.9 Å². The van der Waals surface area contributed by atoms with E-state index in [0.29, 0.717) is 29.8 Å². The molecule has 0 aliphatic carbocycles. The normalized spacial score (nSPS) is 10.4. The summed E-state index contributed by atoms with van der Waals surface area (Å²) in [6.45, 7) is 7.15. The molecule has 5 nitrogen and oxygen atoms in total. The zero-order chi connectivity index (χ0) is 16.5. The summed E-state index contributed by atoms with van der Waals surface area (Å²) in [5, 5.41) is 9.35. The van der Waals surface area contributed by atoms with E-state index in [1.807, 2.05) is 13.8 Å². The molecule has 0 saturated carbocycles. The molecule has 1 rings (SSSR count). The highest BCUT2D eigenvalue weighted by atomic mass is 16.5. The zero-order valence-corrected chi connectivity index (χ0v) is 13.6. The Bertz CT molecular complexity index is 507. The van der Waals surface area contributed by atoms with E-state index >= 15 is 0 Å². The molecule has 0 atom stereocenters. The molecular formula is C17H25NO4. The molecule has 0 aromatic heterocycles. The van der Waals surface area contributed by atoms with E-state index in [2.05, 4.69) is 0 Å². The number of rotatable bonds is 8. The summed E-state index contributed by atoms with van der Waals surface area (Å²) in [5.41, 5.74) is 1.24. The number of benzene rings is 1. The summed E-state index contributed by atoms with van der Waals surface area (Å²) in [5.74, 6) is -0.603. The van der Waals surface area contributed by atoms with Gasteiger partial charge >= 0.3 is 5.97 Å². The van der Waals surface area contributed by atoms with Crippen LogP contribution in [-0.2, 0) is 11.3 Å². The van der Waals surface area contributed by atoms with E-state index in [1.165, 1.54) is 6.07 Å². The topological polar surface area (TPSA) is 66.8 Å². The molecule has 0 fully saturated rings. The van der Waals surface area contributed by atoms with E-state index < -0.39 is 5.97 Å². The van der Waals surface area contributed by atoms with Crippen LogP contribution in [0.4, 0.5) is 0 Å². The average Bonchev–Trinajstić information content (AvgIpc) is 2.53. The van der Waals surface area contributed by atoms with Gasteiger partial charge in [0.15, 0.2) is 0 Å². The number of aliphatic hydroxyl groups is 1. The summed E-state index contributed by atoms with van der Waals surface area (Å²) >= 11 is 0. The van der Waals surface area contributed by atoms with E-state index in [4.69, 9.17) is 4.74 Å². The second kappa shape index (κ2) is 9.20. The number of hydrogen-bond donors (Lipinski definition) is 1. The molecule has 5 heteroatoms. The van der Waals surface area contributed by atoms with Crippen molar-refractivity contribution in [3.63, 3.8) is 0 Å². The summed E-state index contributed by atoms with van der Waals surface area (Å²) in [7, 11) is 0. The number of carbonyl (C=O) groups is 2. The molecule has 0 unspecified atom stereocenters. The highest BCUT2D eigenvalue weighted by Crippen LogP contribution is 2.15. The van der Waals surface area contributed by atoms with E-state index in [0.717, 1.165) is 12.8 Å². The molecule has 0 radical (unpaired) electrons. The van der Waals surface area contributed by atoms with Crippen molar-refractivity contribution in [2.75, 3.05) is 19.7 Å². The maximum atomic E-state index is 12.6. The van der Waals surface area contributed by atoms with Crippen molar-refractivity contribution in [1.29, 1.82) is 0 Å². The molecule has 1 N–H and O–H groups in total.